The highest BCUT2D eigenvalue weighted by Crippen LogP contribution is 2.28. The Morgan fingerprint density at radius 1 is 1.10 bits per heavy atom. The molecular formula is C15H14BrF2NO. The summed E-state index contributed by atoms with van der Waals surface area (Å²) < 4.78 is 33.3. The third-order valence-electron chi connectivity index (χ3n) is 2.85. The molecule has 0 aromatic heterocycles. The lowest BCUT2D eigenvalue weighted by atomic mass is 10.0. The average molecular weight is 342 g/mol. The highest BCUT2D eigenvalue weighted by Gasteiger charge is 2.20. The van der Waals surface area contributed by atoms with Gasteiger partial charge in [0.1, 0.15) is 6.10 Å². The first-order chi connectivity index (χ1) is 9.49. The molecule has 0 saturated heterocycles. The summed E-state index contributed by atoms with van der Waals surface area (Å²) in [5.41, 5.74) is 6.69. The summed E-state index contributed by atoms with van der Waals surface area (Å²) in [6.07, 6.45) is -0.556. The van der Waals surface area contributed by atoms with Gasteiger partial charge in [-0.3, -0.25) is 0 Å². The summed E-state index contributed by atoms with van der Waals surface area (Å²) in [7, 11) is 0. The maximum atomic E-state index is 13.7. The molecular weight excluding hydrogens is 328 g/mol. The maximum absolute atomic E-state index is 13.7. The van der Waals surface area contributed by atoms with E-state index in [1.165, 1.54) is 12.1 Å². The van der Waals surface area contributed by atoms with Crippen LogP contribution in [0.4, 0.5) is 8.78 Å². The number of ether oxygens (including phenoxy) is 1. The Morgan fingerprint density at radius 2 is 1.75 bits per heavy atom. The molecule has 0 radical (unpaired) electrons. The van der Waals surface area contributed by atoms with Crippen molar-refractivity contribution in [2.24, 2.45) is 5.73 Å². The standard InChI is InChI=1S/C15H14BrF2NO/c1-9(19)15(10-5-7-11(16)8-6-10)20-13-4-2-3-12(17)14(13)18/h2-9,15H,19H2,1H3. The van der Waals surface area contributed by atoms with Gasteiger partial charge in [-0.1, -0.05) is 34.1 Å². The van der Waals surface area contributed by atoms with Crippen LogP contribution >= 0.6 is 15.9 Å². The van der Waals surface area contributed by atoms with Gasteiger partial charge in [-0.25, -0.2) is 4.39 Å². The second-order valence-corrected chi connectivity index (χ2v) is 5.42. The van der Waals surface area contributed by atoms with Crippen molar-refractivity contribution >= 4 is 15.9 Å². The number of hydrogen-bond donors (Lipinski definition) is 1. The van der Waals surface area contributed by atoms with E-state index in [1.807, 2.05) is 24.3 Å². The van der Waals surface area contributed by atoms with Crippen LogP contribution in [0.2, 0.25) is 0 Å². The first kappa shape index (κ1) is 14.9. The van der Waals surface area contributed by atoms with Crippen LogP contribution in [0.1, 0.15) is 18.6 Å². The average Bonchev–Trinajstić information content (AvgIpc) is 2.41. The van der Waals surface area contributed by atoms with Crippen LogP contribution in [0, 0.1) is 11.6 Å². The Hall–Kier alpha value is -1.46. The lowest BCUT2D eigenvalue weighted by molar-refractivity contribution is 0.170. The van der Waals surface area contributed by atoms with Crippen molar-refractivity contribution in [2.45, 2.75) is 19.1 Å². The predicted molar refractivity (Wildman–Crippen MR) is 77.5 cm³/mol. The van der Waals surface area contributed by atoms with Crippen LogP contribution in [0.3, 0.4) is 0 Å². The molecule has 0 bridgehead atoms. The van der Waals surface area contributed by atoms with Crippen molar-refractivity contribution in [1.29, 1.82) is 0 Å². The first-order valence-corrected chi connectivity index (χ1v) is 6.90. The third kappa shape index (κ3) is 3.35. The highest BCUT2D eigenvalue weighted by atomic mass is 79.9. The number of hydrogen-bond acceptors (Lipinski definition) is 2. The molecule has 0 saturated carbocycles. The summed E-state index contributed by atoms with van der Waals surface area (Å²) in [5, 5.41) is 0. The van der Waals surface area contributed by atoms with Gasteiger partial charge in [-0.2, -0.15) is 4.39 Å². The molecule has 2 N–H and O–H groups in total. The van der Waals surface area contributed by atoms with Gasteiger partial charge in [-0.05, 0) is 36.8 Å². The summed E-state index contributed by atoms with van der Waals surface area (Å²) in [6.45, 7) is 1.75. The van der Waals surface area contributed by atoms with Crippen molar-refractivity contribution in [1.82, 2.24) is 0 Å². The van der Waals surface area contributed by atoms with Gasteiger partial charge in [0.05, 0.1) is 0 Å². The second kappa shape index (κ2) is 6.33. The highest BCUT2D eigenvalue weighted by molar-refractivity contribution is 9.10. The Balaban J connectivity index is 2.30. The molecule has 0 fully saturated rings. The van der Waals surface area contributed by atoms with E-state index in [0.29, 0.717) is 0 Å². The lowest BCUT2D eigenvalue weighted by Crippen LogP contribution is -2.29. The van der Waals surface area contributed by atoms with Crippen molar-refractivity contribution in [3.63, 3.8) is 0 Å². The fraction of sp³-hybridized carbons (Fsp3) is 0.200. The van der Waals surface area contributed by atoms with Crippen LogP contribution in [0.25, 0.3) is 0 Å². The van der Waals surface area contributed by atoms with Gasteiger partial charge in [0.15, 0.2) is 11.6 Å². The van der Waals surface area contributed by atoms with Crippen molar-refractivity contribution in [3.05, 3.63) is 64.1 Å². The monoisotopic (exact) mass is 341 g/mol. The van der Waals surface area contributed by atoms with Crippen molar-refractivity contribution < 1.29 is 13.5 Å². The third-order valence-corrected chi connectivity index (χ3v) is 3.37. The minimum Gasteiger partial charge on any atom is -0.481 e. The first-order valence-electron chi connectivity index (χ1n) is 6.10. The molecule has 20 heavy (non-hydrogen) atoms. The Kier molecular flexibility index (Phi) is 4.73. The zero-order valence-corrected chi connectivity index (χ0v) is 12.4. The minimum absolute atomic E-state index is 0.143. The van der Waals surface area contributed by atoms with Crippen LogP contribution < -0.4 is 10.5 Å². The summed E-state index contributed by atoms with van der Waals surface area (Å²) >= 11 is 3.34. The minimum atomic E-state index is -1.00. The fourth-order valence-corrected chi connectivity index (χ4v) is 2.11. The number of benzene rings is 2. The van der Waals surface area contributed by atoms with Crippen molar-refractivity contribution in [2.75, 3.05) is 0 Å². The van der Waals surface area contributed by atoms with Crippen LogP contribution in [-0.4, -0.2) is 6.04 Å². The molecule has 0 aliphatic heterocycles. The van der Waals surface area contributed by atoms with E-state index in [4.69, 9.17) is 10.5 Å². The fourth-order valence-electron chi connectivity index (χ4n) is 1.84. The van der Waals surface area contributed by atoms with E-state index < -0.39 is 17.7 Å². The van der Waals surface area contributed by atoms with Crippen molar-refractivity contribution in [3.8, 4) is 5.75 Å². The van der Waals surface area contributed by atoms with Gasteiger partial charge in [0.2, 0.25) is 5.82 Å². The predicted octanol–water partition coefficient (Wildman–Crippen LogP) is 4.19. The Labute approximate surface area is 124 Å². The van der Waals surface area contributed by atoms with Crippen LogP contribution in [-0.2, 0) is 0 Å². The normalized spacial score (nSPS) is 13.8. The van der Waals surface area contributed by atoms with Gasteiger partial charge in [0.25, 0.3) is 0 Å². The Morgan fingerprint density at radius 3 is 2.35 bits per heavy atom. The van der Waals surface area contributed by atoms with Crippen LogP contribution in [0.5, 0.6) is 5.75 Å². The van der Waals surface area contributed by atoms with E-state index in [2.05, 4.69) is 15.9 Å². The van der Waals surface area contributed by atoms with E-state index in [1.54, 1.807) is 6.92 Å². The number of rotatable bonds is 4. The molecule has 2 rings (SSSR count). The summed E-state index contributed by atoms with van der Waals surface area (Å²) in [6, 6.07) is 10.8. The van der Waals surface area contributed by atoms with Gasteiger partial charge in [-0.15, -0.1) is 0 Å². The van der Waals surface area contributed by atoms with E-state index >= 15 is 0 Å². The molecule has 2 aromatic carbocycles. The molecule has 0 aliphatic carbocycles. The van der Waals surface area contributed by atoms with E-state index in [-0.39, 0.29) is 11.8 Å². The number of nitrogens with two attached hydrogens (primary N) is 1. The molecule has 0 spiro atoms. The van der Waals surface area contributed by atoms with E-state index in [0.717, 1.165) is 16.1 Å². The summed E-state index contributed by atoms with van der Waals surface area (Å²) in [5.74, 6) is -2.09. The topological polar surface area (TPSA) is 35.2 Å². The second-order valence-electron chi connectivity index (χ2n) is 4.50. The van der Waals surface area contributed by atoms with Gasteiger partial charge < -0.3 is 10.5 Å². The molecule has 0 amide bonds. The molecule has 0 heterocycles. The quantitative estimate of drug-likeness (QED) is 0.904. The van der Waals surface area contributed by atoms with Gasteiger partial charge in [0, 0.05) is 10.5 Å². The van der Waals surface area contributed by atoms with E-state index in [9.17, 15) is 8.78 Å². The molecule has 106 valence electrons. The van der Waals surface area contributed by atoms with Crippen LogP contribution in [0.15, 0.2) is 46.9 Å². The molecule has 2 unspecified atom stereocenters. The molecule has 2 aromatic rings. The zero-order chi connectivity index (χ0) is 14.7. The van der Waals surface area contributed by atoms with Gasteiger partial charge >= 0.3 is 0 Å². The molecule has 5 heteroatoms. The largest absolute Gasteiger partial charge is 0.481 e. The zero-order valence-electron chi connectivity index (χ0n) is 10.8. The lowest BCUT2D eigenvalue weighted by Gasteiger charge is -2.23. The molecule has 2 nitrogen and oxygen atoms in total. The number of halogens is 3. The SMILES string of the molecule is CC(N)C(Oc1cccc(F)c1F)c1ccc(Br)cc1. The summed E-state index contributed by atoms with van der Waals surface area (Å²) in [4.78, 5) is 0. The molecule has 2 atom stereocenters. The smallest absolute Gasteiger partial charge is 0.200 e. The molecule has 0 aliphatic rings. The maximum Gasteiger partial charge on any atom is 0.200 e. The Bertz CT molecular complexity index is 587.